The fourth-order valence-electron chi connectivity index (χ4n) is 6.55. The number of aryl methyl sites for hydroxylation is 1. The Balaban J connectivity index is 1.27. The highest BCUT2D eigenvalue weighted by Gasteiger charge is 2.51. The molecule has 4 aliphatic carbocycles. The molecule has 0 aromatic heterocycles. The smallest absolute Gasteiger partial charge is 0.281 e. The Morgan fingerprint density at radius 1 is 1.20 bits per heavy atom. The van der Waals surface area contributed by atoms with Crippen LogP contribution in [0.3, 0.4) is 0 Å². The standard InChI is InChI=1S/C22H31FN2O4S/c1-14-5-18(21(26)24-30(27,28)25-3-2-4-25)19(23)9-20(14)29-13-22-10-15-6-16(11-22)8-17(7-15)12-22/h5,9,15-17,21,24,26H,2-4,6-8,10-13H2,1H3. The van der Waals surface area contributed by atoms with Gasteiger partial charge in [-0.3, -0.25) is 0 Å². The van der Waals surface area contributed by atoms with Crippen LogP contribution in [0, 0.1) is 35.9 Å². The number of ether oxygens (including phenoxy) is 1. The second-order valence-corrected chi connectivity index (χ2v) is 11.8. The van der Waals surface area contributed by atoms with Gasteiger partial charge in [-0.15, -0.1) is 0 Å². The summed E-state index contributed by atoms with van der Waals surface area (Å²) >= 11 is 0. The summed E-state index contributed by atoms with van der Waals surface area (Å²) in [5.41, 5.74) is 0.833. The molecule has 4 saturated carbocycles. The molecule has 2 N–H and O–H groups in total. The van der Waals surface area contributed by atoms with E-state index in [1.54, 1.807) is 6.92 Å². The summed E-state index contributed by atoms with van der Waals surface area (Å²) in [6.07, 6.45) is 6.92. The molecule has 6 rings (SSSR count). The molecule has 0 spiro atoms. The molecule has 4 bridgehead atoms. The van der Waals surface area contributed by atoms with E-state index in [2.05, 4.69) is 4.72 Å². The molecule has 0 amide bonds. The first kappa shape index (κ1) is 20.7. The van der Waals surface area contributed by atoms with E-state index in [-0.39, 0.29) is 11.0 Å². The molecule has 6 nitrogen and oxygen atoms in total. The summed E-state index contributed by atoms with van der Waals surface area (Å²) < 4.78 is 48.6. The number of halogens is 1. The Morgan fingerprint density at radius 3 is 2.33 bits per heavy atom. The molecule has 1 heterocycles. The molecule has 1 aromatic rings. The first-order valence-corrected chi connectivity index (χ1v) is 12.6. The maximum absolute atomic E-state index is 14.7. The molecule has 1 unspecified atom stereocenters. The number of benzene rings is 1. The van der Waals surface area contributed by atoms with Gasteiger partial charge in [0.1, 0.15) is 17.8 Å². The van der Waals surface area contributed by atoms with Crippen molar-refractivity contribution in [1.82, 2.24) is 9.03 Å². The van der Waals surface area contributed by atoms with Crippen molar-refractivity contribution in [1.29, 1.82) is 0 Å². The van der Waals surface area contributed by atoms with Crippen LogP contribution in [-0.2, 0) is 10.2 Å². The maximum Gasteiger partial charge on any atom is 0.281 e. The van der Waals surface area contributed by atoms with Crippen molar-refractivity contribution in [2.75, 3.05) is 19.7 Å². The summed E-state index contributed by atoms with van der Waals surface area (Å²) in [5, 5.41) is 10.3. The zero-order valence-electron chi connectivity index (χ0n) is 17.4. The zero-order chi connectivity index (χ0) is 21.1. The highest BCUT2D eigenvalue weighted by atomic mass is 32.2. The zero-order valence-corrected chi connectivity index (χ0v) is 18.3. The van der Waals surface area contributed by atoms with Crippen LogP contribution in [-0.4, -0.2) is 37.5 Å². The average molecular weight is 439 g/mol. The van der Waals surface area contributed by atoms with Crippen LogP contribution in [0.4, 0.5) is 4.39 Å². The Labute approximate surface area is 178 Å². The molecule has 8 heteroatoms. The maximum atomic E-state index is 14.7. The predicted octanol–water partition coefficient (Wildman–Crippen LogP) is 3.26. The quantitative estimate of drug-likeness (QED) is 0.641. The molecule has 5 fully saturated rings. The van der Waals surface area contributed by atoms with E-state index < -0.39 is 22.3 Å². The summed E-state index contributed by atoms with van der Waals surface area (Å²) in [4.78, 5) is 0. The Morgan fingerprint density at radius 2 is 1.80 bits per heavy atom. The van der Waals surface area contributed by atoms with Crippen molar-refractivity contribution in [3.63, 3.8) is 0 Å². The van der Waals surface area contributed by atoms with Gasteiger partial charge in [0.2, 0.25) is 0 Å². The number of aliphatic hydroxyl groups excluding tert-OH is 1. The van der Waals surface area contributed by atoms with Crippen molar-refractivity contribution in [2.24, 2.45) is 23.2 Å². The lowest BCUT2D eigenvalue weighted by Gasteiger charge is -2.56. The van der Waals surface area contributed by atoms with Gasteiger partial charge >= 0.3 is 0 Å². The Kier molecular flexibility index (Phi) is 5.12. The van der Waals surface area contributed by atoms with Crippen molar-refractivity contribution >= 4 is 10.2 Å². The molecular formula is C22H31FN2O4S. The summed E-state index contributed by atoms with van der Waals surface area (Å²) in [7, 11) is -3.81. The van der Waals surface area contributed by atoms with Crippen LogP contribution in [0.5, 0.6) is 5.75 Å². The Hall–Kier alpha value is -1.22. The van der Waals surface area contributed by atoms with E-state index in [9.17, 15) is 17.9 Å². The first-order valence-electron chi connectivity index (χ1n) is 11.1. The predicted molar refractivity (Wildman–Crippen MR) is 110 cm³/mol. The topological polar surface area (TPSA) is 78.9 Å². The van der Waals surface area contributed by atoms with Gasteiger partial charge in [-0.2, -0.15) is 17.4 Å². The number of hydrogen-bond donors (Lipinski definition) is 2. The van der Waals surface area contributed by atoms with Crippen molar-refractivity contribution in [3.05, 3.63) is 29.1 Å². The normalized spacial score (nSPS) is 34.0. The monoisotopic (exact) mass is 438 g/mol. The van der Waals surface area contributed by atoms with Crippen LogP contribution in [0.2, 0.25) is 0 Å². The van der Waals surface area contributed by atoms with Gasteiger partial charge in [0.05, 0.1) is 6.61 Å². The average Bonchev–Trinajstić information content (AvgIpc) is 2.58. The van der Waals surface area contributed by atoms with Crippen molar-refractivity contribution in [3.8, 4) is 5.75 Å². The molecule has 166 valence electrons. The number of rotatable bonds is 7. The Bertz CT molecular complexity index is 896. The highest BCUT2D eigenvalue weighted by Crippen LogP contribution is 2.60. The number of hydrogen-bond acceptors (Lipinski definition) is 4. The third kappa shape index (κ3) is 3.76. The van der Waals surface area contributed by atoms with Gasteiger partial charge in [0, 0.05) is 30.1 Å². The van der Waals surface area contributed by atoms with Gasteiger partial charge in [0.25, 0.3) is 10.2 Å². The molecule has 30 heavy (non-hydrogen) atoms. The first-order chi connectivity index (χ1) is 14.2. The molecule has 5 aliphatic rings. The van der Waals surface area contributed by atoms with E-state index in [0.717, 1.165) is 24.2 Å². The van der Waals surface area contributed by atoms with E-state index in [1.807, 2.05) is 0 Å². The van der Waals surface area contributed by atoms with E-state index >= 15 is 0 Å². The second-order valence-electron chi connectivity index (χ2n) is 10.1. The second kappa shape index (κ2) is 7.43. The number of aliphatic hydroxyl groups is 1. The fraction of sp³-hybridized carbons (Fsp3) is 0.727. The fourth-order valence-corrected chi connectivity index (χ4v) is 7.85. The highest BCUT2D eigenvalue weighted by molar-refractivity contribution is 7.87. The van der Waals surface area contributed by atoms with Crippen LogP contribution in [0.15, 0.2) is 12.1 Å². The lowest BCUT2D eigenvalue weighted by Crippen LogP contribution is -2.49. The summed E-state index contributed by atoms with van der Waals surface area (Å²) in [6.45, 7) is 3.25. The lowest BCUT2D eigenvalue weighted by molar-refractivity contribution is -0.0746. The molecular weight excluding hydrogens is 407 g/mol. The third-order valence-electron chi connectivity index (χ3n) is 7.70. The molecule has 1 saturated heterocycles. The van der Waals surface area contributed by atoms with Crippen molar-refractivity contribution < 1.29 is 22.7 Å². The summed E-state index contributed by atoms with van der Waals surface area (Å²) in [6, 6.07) is 2.76. The van der Waals surface area contributed by atoms with Crippen LogP contribution in [0.1, 0.15) is 62.3 Å². The summed E-state index contributed by atoms with van der Waals surface area (Å²) in [5.74, 6) is 2.30. The van der Waals surface area contributed by atoms with Gasteiger partial charge in [-0.25, -0.2) is 4.39 Å². The van der Waals surface area contributed by atoms with Gasteiger partial charge < -0.3 is 9.84 Å². The molecule has 1 aliphatic heterocycles. The number of nitrogens with zero attached hydrogens (tertiary/aromatic N) is 1. The number of nitrogens with one attached hydrogen (secondary N) is 1. The van der Waals surface area contributed by atoms with Gasteiger partial charge in [-0.05, 0) is 81.3 Å². The van der Waals surface area contributed by atoms with E-state index in [1.165, 1.54) is 55.0 Å². The minimum atomic E-state index is -3.81. The van der Waals surface area contributed by atoms with E-state index in [4.69, 9.17) is 4.74 Å². The SMILES string of the molecule is Cc1cc(C(O)NS(=O)(=O)N2CCC2)c(F)cc1OCC12CC3CC(CC(C3)C1)C2. The van der Waals surface area contributed by atoms with Crippen molar-refractivity contribution in [2.45, 2.75) is 58.1 Å². The van der Waals surface area contributed by atoms with E-state index in [0.29, 0.717) is 31.0 Å². The van der Waals surface area contributed by atoms with Crippen LogP contribution < -0.4 is 9.46 Å². The van der Waals surface area contributed by atoms with Crippen LogP contribution in [0.25, 0.3) is 0 Å². The minimum Gasteiger partial charge on any atom is -0.493 e. The lowest BCUT2D eigenvalue weighted by atomic mass is 9.50. The third-order valence-corrected chi connectivity index (χ3v) is 9.27. The molecule has 1 atom stereocenters. The van der Waals surface area contributed by atoms with Gasteiger partial charge in [0.15, 0.2) is 0 Å². The van der Waals surface area contributed by atoms with Gasteiger partial charge in [-0.1, -0.05) is 0 Å². The molecule has 1 aromatic carbocycles. The minimum absolute atomic E-state index is 0.0845. The molecule has 0 radical (unpaired) electrons. The largest absolute Gasteiger partial charge is 0.493 e. The van der Waals surface area contributed by atoms with Crippen LogP contribution >= 0.6 is 0 Å².